The average molecular weight is 210 g/mol. The Morgan fingerprint density at radius 2 is 2.13 bits per heavy atom. The molecule has 1 heterocycles. The van der Waals surface area contributed by atoms with Crippen molar-refractivity contribution in [3.05, 3.63) is 0 Å². The molecule has 15 heavy (non-hydrogen) atoms. The van der Waals surface area contributed by atoms with Crippen molar-refractivity contribution in [1.82, 2.24) is 10.6 Å². The molecule has 2 N–H and O–H groups in total. The molecule has 2 fully saturated rings. The van der Waals surface area contributed by atoms with Crippen molar-refractivity contribution in [3.63, 3.8) is 0 Å². The third-order valence-corrected chi connectivity index (χ3v) is 3.83. The van der Waals surface area contributed by atoms with Crippen LogP contribution in [0.2, 0.25) is 0 Å². The molecule has 0 atom stereocenters. The zero-order chi connectivity index (χ0) is 10.9. The number of carbonyl (C=O) groups is 1. The molecule has 1 aliphatic carbocycles. The lowest BCUT2D eigenvalue weighted by Gasteiger charge is -2.45. The molecule has 1 aliphatic heterocycles. The standard InChI is InChI=1S/C12H22N2O/c1-9(2)7-13-10-3-5-12(6-4-10)8-14-11(12)15/h9-10,13H,3-8H2,1-2H3,(H,14,15). The van der Waals surface area contributed by atoms with E-state index >= 15 is 0 Å². The van der Waals surface area contributed by atoms with Crippen molar-refractivity contribution in [2.24, 2.45) is 11.3 Å². The van der Waals surface area contributed by atoms with E-state index in [4.69, 9.17) is 0 Å². The van der Waals surface area contributed by atoms with Crippen LogP contribution in [0.4, 0.5) is 0 Å². The molecule has 86 valence electrons. The summed E-state index contributed by atoms with van der Waals surface area (Å²) in [7, 11) is 0. The Bertz CT molecular complexity index is 242. The fourth-order valence-corrected chi connectivity index (χ4v) is 2.59. The zero-order valence-corrected chi connectivity index (χ0v) is 9.81. The maximum Gasteiger partial charge on any atom is 0.228 e. The summed E-state index contributed by atoms with van der Waals surface area (Å²) in [6.45, 7) is 6.49. The zero-order valence-electron chi connectivity index (χ0n) is 9.81. The van der Waals surface area contributed by atoms with Gasteiger partial charge >= 0.3 is 0 Å². The SMILES string of the molecule is CC(C)CNC1CCC2(CC1)CNC2=O. The highest BCUT2D eigenvalue weighted by molar-refractivity contribution is 5.88. The Hall–Kier alpha value is -0.570. The van der Waals surface area contributed by atoms with Gasteiger partial charge in [-0.3, -0.25) is 4.79 Å². The third kappa shape index (κ3) is 2.17. The monoisotopic (exact) mass is 210 g/mol. The molecular formula is C12H22N2O. The van der Waals surface area contributed by atoms with Crippen molar-refractivity contribution in [3.8, 4) is 0 Å². The molecule has 2 aliphatic rings. The van der Waals surface area contributed by atoms with Crippen molar-refractivity contribution in [2.75, 3.05) is 13.1 Å². The van der Waals surface area contributed by atoms with Gasteiger partial charge in [-0.2, -0.15) is 0 Å². The van der Waals surface area contributed by atoms with Gasteiger partial charge < -0.3 is 10.6 Å². The first-order valence-electron chi connectivity index (χ1n) is 6.14. The fourth-order valence-electron chi connectivity index (χ4n) is 2.59. The molecule has 3 heteroatoms. The Balaban J connectivity index is 1.75. The molecule has 0 bridgehead atoms. The number of β-lactam (4-membered cyclic amide) rings is 1. The van der Waals surface area contributed by atoms with Gasteiger partial charge in [0.05, 0.1) is 5.41 Å². The highest BCUT2D eigenvalue weighted by atomic mass is 16.2. The van der Waals surface area contributed by atoms with Gasteiger partial charge in [0.15, 0.2) is 0 Å². The van der Waals surface area contributed by atoms with Crippen LogP contribution < -0.4 is 10.6 Å². The number of carbonyl (C=O) groups excluding carboxylic acids is 1. The van der Waals surface area contributed by atoms with E-state index in [0.29, 0.717) is 17.9 Å². The summed E-state index contributed by atoms with van der Waals surface area (Å²) in [4.78, 5) is 11.4. The van der Waals surface area contributed by atoms with Gasteiger partial charge in [0.2, 0.25) is 5.91 Å². The van der Waals surface area contributed by atoms with Crippen LogP contribution in [-0.4, -0.2) is 25.0 Å². The topological polar surface area (TPSA) is 41.1 Å². The molecule has 1 saturated heterocycles. The third-order valence-electron chi connectivity index (χ3n) is 3.83. The van der Waals surface area contributed by atoms with Gasteiger partial charge in [0.25, 0.3) is 0 Å². The molecule has 0 radical (unpaired) electrons. The van der Waals surface area contributed by atoms with Crippen molar-refractivity contribution in [1.29, 1.82) is 0 Å². The van der Waals surface area contributed by atoms with Gasteiger partial charge in [-0.15, -0.1) is 0 Å². The molecule has 3 nitrogen and oxygen atoms in total. The maximum absolute atomic E-state index is 11.4. The minimum Gasteiger partial charge on any atom is -0.354 e. The van der Waals surface area contributed by atoms with Crippen LogP contribution in [0.5, 0.6) is 0 Å². The van der Waals surface area contributed by atoms with Gasteiger partial charge in [-0.05, 0) is 38.1 Å². The number of hydrogen-bond acceptors (Lipinski definition) is 2. The molecule has 2 rings (SSSR count). The van der Waals surface area contributed by atoms with Gasteiger partial charge in [-0.25, -0.2) is 0 Å². The van der Waals surface area contributed by atoms with Crippen LogP contribution in [0.3, 0.4) is 0 Å². The van der Waals surface area contributed by atoms with E-state index < -0.39 is 0 Å². The summed E-state index contributed by atoms with van der Waals surface area (Å²) in [5, 5.41) is 6.46. The summed E-state index contributed by atoms with van der Waals surface area (Å²) in [6, 6.07) is 0.645. The van der Waals surface area contributed by atoms with Crippen LogP contribution in [0.1, 0.15) is 39.5 Å². The number of hydrogen-bond donors (Lipinski definition) is 2. The van der Waals surface area contributed by atoms with E-state index in [1.807, 2.05) is 0 Å². The number of amides is 1. The summed E-state index contributed by atoms with van der Waals surface area (Å²) < 4.78 is 0. The Morgan fingerprint density at radius 3 is 2.53 bits per heavy atom. The summed E-state index contributed by atoms with van der Waals surface area (Å²) in [5.74, 6) is 1.01. The fraction of sp³-hybridized carbons (Fsp3) is 0.917. The maximum atomic E-state index is 11.4. The van der Waals surface area contributed by atoms with Crippen LogP contribution in [0.15, 0.2) is 0 Å². The smallest absolute Gasteiger partial charge is 0.228 e. The highest BCUT2D eigenvalue weighted by Crippen LogP contribution is 2.40. The molecular weight excluding hydrogens is 188 g/mol. The molecule has 0 unspecified atom stereocenters. The molecule has 0 aromatic heterocycles. The van der Waals surface area contributed by atoms with Crippen LogP contribution >= 0.6 is 0 Å². The van der Waals surface area contributed by atoms with Crippen molar-refractivity contribution < 1.29 is 4.79 Å². The molecule has 0 aromatic rings. The van der Waals surface area contributed by atoms with Crippen molar-refractivity contribution >= 4 is 5.91 Å². The molecule has 1 amide bonds. The second kappa shape index (κ2) is 4.12. The minimum absolute atomic E-state index is 0.0377. The minimum atomic E-state index is 0.0377. The summed E-state index contributed by atoms with van der Waals surface area (Å²) in [6.07, 6.45) is 4.49. The number of rotatable bonds is 3. The van der Waals surface area contributed by atoms with Crippen LogP contribution in [0.25, 0.3) is 0 Å². The predicted octanol–water partition coefficient (Wildman–Crippen LogP) is 1.29. The lowest BCUT2D eigenvalue weighted by Crippen LogP contribution is -2.61. The average Bonchev–Trinajstić information content (AvgIpc) is 2.25. The van der Waals surface area contributed by atoms with Gasteiger partial charge in [0.1, 0.15) is 0 Å². The van der Waals surface area contributed by atoms with E-state index in [1.165, 1.54) is 12.8 Å². The first-order chi connectivity index (χ1) is 7.12. The molecule has 0 aromatic carbocycles. The summed E-state index contributed by atoms with van der Waals surface area (Å²) >= 11 is 0. The van der Waals surface area contributed by atoms with E-state index in [-0.39, 0.29) is 5.41 Å². The lowest BCUT2D eigenvalue weighted by molar-refractivity contribution is -0.142. The Morgan fingerprint density at radius 1 is 1.47 bits per heavy atom. The van der Waals surface area contributed by atoms with E-state index in [2.05, 4.69) is 24.5 Å². The molecule has 1 saturated carbocycles. The first-order valence-corrected chi connectivity index (χ1v) is 6.14. The lowest BCUT2D eigenvalue weighted by atomic mass is 9.68. The Kier molecular flexibility index (Phi) is 3.01. The van der Waals surface area contributed by atoms with E-state index in [9.17, 15) is 4.79 Å². The normalized spacial score (nSPS) is 35.4. The van der Waals surface area contributed by atoms with E-state index in [0.717, 1.165) is 25.9 Å². The van der Waals surface area contributed by atoms with Crippen LogP contribution in [-0.2, 0) is 4.79 Å². The van der Waals surface area contributed by atoms with Crippen LogP contribution in [0, 0.1) is 11.3 Å². The number of nitrogens with one attached hydrogen (secondary N) is 2. The molecule has 1 spiro atoms. The largest absolute Gasteiger partial charge is 0.354 e. The van der Waals surface area contributed by atoms with Gasteiger partial charge in [0, 0.05) is 12.6 Å². The van der Waals surface area contributed by atoms with Crippen molar-refractivity contribution in [2.45, 2.75) is 45.6 Å². The summed E-state index contributed by atoms with van der Waals surface area (Å²) in [5.41, 5.74) is 0.0377. The highest BCUT2D eigenvalue weighted by Gasteiger charge is 2.47. The second-order valence-electron chi connectivity index (χ2n) is 5.54. The predicted molar refractivity (Wildman–Crippen MR) is 60.5 cm³/mol. The Labute approximate surface area is 92.0 Å². The second-order valence-corrected chi connectivity index (χ2v) is 5.54. The first kappa shape index (κ1) is 10.9. The van der Waals surface area contributed by atoms with Gasteiger partial charge in [-0.1, -0.05) is 13.8 Å². The quantitative estimate of drug-likeness (QED) is 0.689. The van der Waals surface area contributed by atoms with E-state index in [1.54, 1.807) is 0 Å².